The van der Waals surface area contributed by atoms with E-state index in [4.69, 9.17) is 4.98 Å². The minimum atomic E-state index is 0. The molecule has 0 bridgehead atoms. The van der Waals surface area contributed by atoms with Crippen LogP contribution < -0.4 is 9.80 Å². The van der Waals surface area contributed by atoms with Crippen molar-refractivity contribution in [3.63, 3.8) is 0 Å². The smallest absolute Gasteiger partial charge is 0.0326 e. The first kappa shape index (κ1) is 47.0. The molecule has 0 atom stereocenters. The van der Waals surface area contributed by atoms with Gasteiger partial charge in [0.25, 0.3) is 0 Å². The van der Waals surface area contributed by atoms with Crippen LogP contribution in [0.3, 0.4) is 0 Å². The first-order valence-electron chi connectivity index (χ1n) is 24.2. The predicted octanol–water partition coefficient (Wildman–Crippen LogP) is 15.8. The van der Waals surface area contributed by atoms with Gasteiger partial charge in [-0.2, -0.15) is 30.4 Å². The summed E-state index contributed by atoms with van der Waals surface area (Å²) in [5.74, 6) is 0. The Kier molecular flexibility index (Phi) is 14.0. The topological polar surface area (TPSA) is 32.3 Å². The molecule has 11 rings (SSSR count). The maximum absolute atomic E-state index is 4.90. The van der Waals surface area contributed by atoms with Crippen LogP contribution >= 0.6 is 0 Å². The molecule has 0 fully saturated rings. The van der Waals surface area contributed by atoms with Crippen LogP contribution in [0.1, 0.15) is 33.4 Å². The molecule has 4 nitrogen and oxygen atoms in total. The summed E-state index contributed by atoms with van der Waals surface area (Å²) in [5, 5.41) is 0. The van der Waals surface area contributed by atoms with Crippen molar-refractivity contribution in [1.29, 1.82) is 0 Å². The first-order chi connectivity index (χ1) is 34.4. The Hall–Kier alpha value is -7.69. The fourth-order valence-electron chi connectivity index (χ4n) is 9.76. The van der Waals surface area contributed by atoms with Crippen LogP contribution in [0.4, 0.5) is 17.1 Å². The maximum atomic E-state index is 4.90. The molecule has 0 spiro atoms. The number of aryl methyl sites for hydroxylation is 6. The Morgan fingerprint density at radius 2 is 1.07 bits per heavy atom. The second-order valence-electron chi connectivity index (χ2n) is 18.3. The molecule has 10 aromatic rings. The van der Waals surface area contributed by atoms with Gasteiger partial charge in [-0.15, -0.1) is 77.0 Å². The van der Waals surface area contributed by atoms with Crippen LogP contribution in [0, 0.1) is 38.7 Å². The van der Waals surface area contributed by atoms with Gasteiger partial charge < -0.3 is 19.8 Å². The third-order valence-corrected chi connectivity index (χ3v) is 13.6. The van der Waals surface area contributed by atoms with Crippen molar-refractivity contribution in [3.8, 4) is 67.0 Å². The van der Waals surface area contributed by atoms with E-state index in [-0.39, 0.29) is 20.1 Å². The molecule has 0 amide bonds. The van der Waals surface area contributed by atoms with Crippen molar-refractivity contribution in [2.24, 2.45) is 0 Å². The molecule has 0 aliphatic carbocycles. The molecule has 1 aliphatic heterocycles. The summed E-state index contributed by atoms with van der Waals surface area (Å²) in [6.07, 6.45) is 7.47. The van der Waals surface area contributed by atoms with E-state index in [1.54, 1.807) is 0 Å². The zero-order valence-electron chi connectivity index (χ0n) is 40.2. The Morgan fingerprint density at radius 3 is 1.75 bits per heavy atom. The maximum Gasteiger partial charge on any atom is 0.0326 e. The molecule has 0 unspecified atom stereocenters. The van der Waals surface area contributed by atoms with Crippen molar-refractivity contribution in [2.45, 2.75) is 39.5 Å². The Labute approximate surface area is 432 Å². The molecular weight excluding hydrogens is 1040 g/mol. The number of anilines is 3. The third kappa shape index (κ3) is 10.3. The van der Waals surface area contributed by atoms with E-state index >= 15 is 0 Å². The molecule has 5 heteroatoms. The van der Waals surface area contributed by atoms with E-state index in [2.05, 4.69) is 236 Å². The number of nitrogens with zero attached hydrogens (tertiary/aromatic N) is 4. The van der Waals surface area contributed by atoms with Gasteiger partial charge in [0.2, 0.25) is 0 Å². The van der Waals surface area contributed by atoms with Gasteiger partial charge in [-0.25, -0.2) is 0 Å². The van der Waals surface area contributed by atoms with Crippen LogP contribution in [0.15, 0.2) is 207 Å². The van der Waals surface area contributed by atoms with Crippen LogP contribution in [-0.4, -0.2) is 17.0 Å². The molecule has 8 aromatic carbocycles. The standard InChI is InChI=1S/C66H52N4.Ir/c1-46-39-56(52-13-5-4-6-14-52)34-37-59(46)62-43-64(68-44-47(62)2)55-32-30-53(31-33-55)60-15-7-8-16-61(60)57-41-50(22-20-48-24-28-54(29-25-48)63-17-11-12-38-67-63)40-51(42-57)23-21-49-26-35-58(36-27-49)70-45-69(3)65-18-9-10-19-66(65)70;/h4-19,24-28,30-32,34-35,37-45H,20-23H2,1-3H3;/q-4;. The number of hydrogen-bond acceptors (Lipinski definition) is 4. The molecule has 71 heavy (non-hydrogen) atoms. The van der Waals surface area contributed by atoms with E-state index in [9.17, 15) is 0 Å². The number of pyridine rings is 2. The zero-order chi connectivity index (χ0) is 47.4. The third-order valence-electron chi connectivity index (χ3n) is 13.6. The second-order valence-corrected chi connectivity index (χ2v) is 18.3. The van der Waals surface area contributed by atoms with Gasteiger partial charge >= 0.3 is 0 Å². The van der Waals surface area contributed by atoms with Crippen molar-refractivity contribution in [1.82, 2.24) is 9.97 Å². The number of para-hydroxylation sites is 2. The van der Waals surface area contributed by atoms with E-state index in [1.807, 2.05) is 30.6 Å². The number of fused-ring (bicyclic) bond motifs is 1. The van der Waals surface area contributed by atoms with E-state index in [0.717, 1.165) is 65.0 Å². The van der Waals surface area contributed by atoms with Gasteiger partial charge in [0.15, 0.2) is 0 Å². The van der Waals surface area contributed by atoms with Crippen LogP contribution in [0.2, 0.25) is 0 Å². The van der Waals surface area contributed by atoms with Crippen LogP contribution in [-0.2, 0) is 45.8 Å². The van der Waals surface area contributed by atoms with Crippen molar-refractivity contribution >= 4 is 17.1 Å². The van der Waals surface area contributed by atoms with Crippen LogP contribution in [0.25, 0.3) is 67.0 Å². The van der Waals surface area contributed by atoms with E-state index in [0.29, 0.717) is 0 Å². The summed E-state index contributed by atoms with van der Waals surface area (Å²) in [6.45, 7) is 6.47. The summed E-state index contributed by atoms with van der Waals surface area (Å²) in [6, 6.07) is 80.3. The fourth-order valence-corrected chi connectivity index (χ4v) is 9.76. The molecule has 0 saturated carbocycles. The molecule has 1 aliphatic rings. The average molecular weight is 1090 g/mol. The average Bonchev–Trinajstić information content (AvgIpc) is 3.76. The molecule has 1 radical (unpaired) electrons. The van der Waals surface area contributed by atoms with E-state index in [1.165, 1.54) is 78.1 Å². The largest absolute Gasteiger partial charge is 0.504 e. The number of hydrogen-bond donors (Lipinski definition) is 0. The van der Waals surface area contributed by atoms with Crippen molar-refractivity contribution in [2.75, 3.05) is 16.8 Å². The number of benzene rings is 8. The zero-order valence-corrected chi connectivity index (χ0v) is 42.6. The monoisotopic (exact) mass is 1090 g/mol. The minimum absolute atomic E-state index is 0. The Balaban J connectivity index is 0.00000582. The summed E-state index contributed by atoms with van der Waals surface area (Å²) >= 11 is 0. The summed E-state index contributed by atoms with van der Waals surface area (Å²) in [7, 11) is 2.09. The number of rotatable bonds is 13. The van der Waals surface area contributed by atoms with Gasteiger partial charge in [-0.05, 0) is 119 Å². The van der Waals surface area contributed by atoms with E-state index < -0.39 is 0 Å². The predicted molar refractivity (Wildman–Crippen MR) is 290 cm³/mol. The van der Waals surface area contributed by atoms with Gasteiger partial charge in [-0.1, -0.05) is 145 Å². The summed E-state index contributed by atoms with van der Waals surface area (Å²) in [4.78, 5) is 13.8. The number of aromatic nitrogens is 2. The molecule has 2 aromatic heterocycles. The fraction of sp³-hybridized carbons (Fsp3) is 0.106. The minimum Gasteiger partial charge on any atom is -0.504 e. The molecule has 0 saturated heterocycles. The van der Waals surface area contributed by atoms with Crippen molar-refractivity contribution < 1.29 is 20.1 Å². The molecule has 349 valence electrons. The second kappa shape index (κ2) is 21.1. The van der Waals surface area contributed by atoms with Gasteiger partial charge in [0, 0.05) is 43.9 Å². The molecule has 0 N–H and O–H groups in total. The van der Waals surface area contributed by atoms with Gasteiger partial charge in [-0.3, -0.25) is 0 Å². The first-order valence-corrected chi connectivity index (χ1v) is 24.2. The summed E-state index contributed by atoms with van der Waals surface area (Å²) in [5.41, 5.74) is 24.4. The van der Waals surface area contributed by atoms with Crippen LogP contribution in [0.5, 0.6) is 0 Å². The van der Waals surface area contributed by atoms with Gasteiger partial charge in [0.05, 0.1) is 0 Å². The SMILES string of the molecule is Cc1cc(-c2ccccc2)ccc1-c1cc(-c2[c-]cc(-c3ccccc3-c3cc(CCc4c[c-]c(-c5ccccn5)cc4)cc(CCc4c[c-]c(N5[CH-]N(C)c6ccccc65)cc4)c3)cc2)ncc1C.[Ir]. The summed E-state index contributed by atoms with van der Waals surface area (Å²) < 4.78 is 0. The molecular formula is C66H52IrN4-4. The quantitative estimate of drug-likeness (QED) is 0.108. The normalized spacial score (nSPS) is 11.9. The van der Waals surface area contributed by atoms with Gasteiger partial charge in [0.1, 0.15) is 0 Å². The molecule has 3 heterocycles. The van der Waals surface area contributed by atoms with Crippen molar-refractivity contribution in [3.05, 3.63) is 265 Å². The Morgan fingerprint density at radius 1 is 0.437 bits per heavy atom. The Bertz CT molecular complexity index is 3420.